The van der Waals surface area contributed by atoms with Crippen molar-refractivity contribution in [1.29, 1.82) is 0 Å². The van der Waals surface area contributed by atoms with E-state index in [9.17, 15) is 5.11 Å². The van der Waals surface area contributed by atoms with Crippen LogP contribution in [0.1, 0.15) is 27.2 Å². The zero-order valence-corrected chi connectivity index (χ0v) is 9.62. The number of nitrogens with one attached hydrogen (secondary N) is 1. The van der Waals surface area contributed by atoms with Gasteiger partial charge in [-0.25, -0.2) is 5.48 Å². The molecule has 0 rings (SSSR count). The second-order valence-corrected chi connectivity index (χ2v) is 3.98. The molecule has 0 radical (unpaired) electrons. The Morgan fingerprint density at radius 3 is 2.43 bits per heavy atom. The Morgan fingerprint density at radius 1 is 1.29 bits per heavy atom. The fourth-order valence-corrected chi connectivity index (χ4v) is 1.25. The first-order valence-corrected chi connectivity index (χ1v) is 5.11. The molecule has 4 nitrogen and oxygen atoms in total. The fourth-order valence-electron chi connectivity index (χ4n) is 1.25. The maximum atomic E-state index is 9.40. The minimum Gasteiger partial charge on any atom is -0.389 e. The molecule has 0 saturated heterocycles. The van der Waals surface area contributed by atoms with Crippen LogP contribution < -0.4 is 5.48 Å². The molecule has 0 aromatic rings. The molecule has 2 N–H and O–H groups in total. The van der Waals surface area contributed by atoms with E-state index in [0.29, 0.717) is 19.1 Å². The average molecular weight is 205 g/mol. The van der Waals surface area contributed by atoms with Crippen molar-refractivity contribution < 1.29 is 14.7 Å². The molecule has 0 aromatic heterocycles. The Bertz CT molecular complexity index is 131. The molecule has 0 heterocycles. The number of hydroxylamine groups is 1. The van der Waals surface area contributed by atoms with Gasteiger partial charge >= 0.3 is 0 Å². The largest absolute Gasteiger partial charge is 0.389 e. The number of aliphatic hydroxyl groups excluding tert-OH is 1. The highest BCUT2D eigenvalue weighted by atomic mass is 16.6. The summed E-state index contributed by atoms with van der Waals surface area (Å²) in [5, 5.41) is 9.40. The van der Waals surface area contributed by atoms with Gasteiger partial charge in [-0.15, -0.1) is 0 Å². The third-order valence-electron chi connectivity index (χ3n) is 1.84. The minimum atomic E-state index is -0.510. The molecule has 0 aliphatic heterocycles. The molecule has 0 saturated carbocycles. The fraction of sp³-hybridized carbons (Fsp3) is 1.00. The number of hydrogen-bond acceptors (Lipinski definition) is 4. The van der Waals surface area contributed by atoms with Gasteiger partial charge in [0.25, 0.3) is 0 Å². The van der Waals surface area contributed by atoms with Gasteiger partial charge in [-0.2, -0.15) is 0 Å². The molecule has 0 aliphatic rings. The summed E-state index contributed by atoms with van der Waals surface area (Å²) < 4.78 is 5.47. The zero-order valence-electron chi connectivity index (χ0n) is 9.62. The van der Waals surface area contributed by atoms with E-state index in [0.717, 1.165) is 6.42 Å². The summed E-state index contributed by atoms with van der Waals surface area (Å²) in [5.41, 5.74) is 2.58. The van der Waals surface area contributed by atoms with Gasteiger partial charge in [-0.05, 0) is 19.3 Å². The maximum Gasteiger partial charge on any atom is 0.0921 e. The van der Waals surface area contributed by atoms with Crippen LogP contribution in [-0.4, -0.2) is 37.6 Å². The molecule has 4 heteroatoms. The van der Waals surface area contributed by atoms with Gasteiger partial charge in [0.15, 0.2) is 0 Å². The van der Waals surface area contributed by atoms with E-state index >= 15 is 0 Å². The molecule has 14 heavy (non-hydrogen) atoms. The normalized spacial score (nSPS) is 15.9. The van der Waals surface area contributed by atoms with E-state index in [-0.39, 0.29) is 6.10 Å². The van der Waals surface area contributed by atoms with Gasteiger partial charge in [0.2, 0.25) is 0 Å². The minimum absolute atomic E-state index is 0.201. The summed E-state index contributed by atoms with van der Waals surface area (Å²) in [5.74, 6) is 0.624. The molecule has 0 spiro atoms. The van der Waals surface area contributed by atoms with Gasteiger partial charge in [0.05, 0.1) is 25.9 Å². The lowest BCUT2D eigenvalue weighted by atomic mass is 10.1. The average Bonchev–Trinajstić information content (AvgIpc) is 2.10. The molecular weight excluding hydrogens is 182 g/mol. The highest BCUT2D eigenvalue weighted by molar-refractivity contribution is 4.58. The molecule has 2 unspecified atom stereocenters. The molecule has 86 valence electrons. The standard InChI is InChI=1S/C10H23NO3/c1-8(2)5-9(3)14-7-10(12)6-11-13-4/h8-12H,5-7H2,1-4H3. The summed E-state index contributed by atoms with van der Waals surface area (Å²) in [7, 11) is 1.52. The van der Waals surface area contributed by atoms with Crippen molar-refractivity contribution in [3.05, 3.63) is 0 Å². The van der Waals surface area contributed by atoms with Crippen LogP contribution in [-0.2, 0) is 9.57 Å². The SMILES string of the molecule is CONCC(O)COC(C)CC(C)C. The first kappa shape index (κ1) is 13.8. The second-order valence-electron chi connectivity index (χ2n) is 3.98. The molecule has 0 bridgehead atoms. The summed E-state index contributed by atoms with van der Waals surface area (Å²) in [6, 6.07) is 0. The Kier molecular flexibility index (Phi) is 8.08. The summed E-state index contributed by atoms with van der Waals surface area (Å²) in [6.45, 7) is 7.08. The van der Waals surface area contributed by atoms with Gasteiger partial charge < -0.3 is 14.7 Å². The van der Waals surface area contributed by atoms with E-state index in [2.05, 4.69) is 24.2 Å². The van der Waals surface area contributed by atoms with Crippen molar-refractivity contribution in [1.82, 2.24) is 5.48 Å². The molecule has 0 aliphatic carbocycles. The third-order valence-corrected chi connectivity index (χ3v) is 1.84. The summed E-state index contributed by atoms with van der Waals surface area (Å²) >= 11 is 0. The van der Waals surface area contributed by atoms with Crippen LogP contribution in [0.25, 0.3) is 0 Å². The molecule has 0 amide bonds. The molecule has 0 aromatic carbocycles. The van der Waals surface area contributed by atoms with Crippen LogP contribution in [0, 0.1) is 5.92 Å². The monoisotopic (exact) mass is 205 g/mol. The first-order valence-electron chi connectivity index (χ1n) is 5.11. The van der Waals surface area contributed by atoms with Crippen molar-refractivity contribution in [2.24, 2.45) is 5.92 Å². The van der Waals surface area contributed by atoms with Crippen LogP contribution >= 0.6 is 0 Å². The van der Waals surface area contributed by atoms with Gasteiger partial charge in [0.1, 0.15) is 0 Å². The maximum absolute atomic E-state index is 9.40. The van der Waals surface area contributed by atoms with Gasteiger partial charge in [-0.3, -0.25) is 0 Å². The number of rotatable bonds is 8. The van der Waals surface area contributed by atoms with Crippen LogP contribution in [0.4, 0.5) is 0 Å². The summed E-state index contributed by atoms with van der Waals surface area (Å²) in [6.07, 6.45) is 0.710. The Morgan fingerprint density at radius 2 is 1.93 bits per heavy atom. The van der Waals surface area contributed by atoms with Crippen molar-refractivity contribution in [2.45, 2.75) is 39.4 Å². The first-order chi connectivity index (χ1) is 6.56. The van der Waals surface area contributed by atoms with Crippen LogP contribution in [0.2, 0.25) is 0 Å². The third kappa shape index (κ3) is 8.44. The van der Waals surface area contributed by atoms with E-state index in [1.54, 1.807) is 0 Å². The van der Waals surface area contributed by atoms with Gasteiger partial charge in [0, 0.05) is 6.54 Å². The Hall–Kier alpha value is -0.160. The Balaban J connectivity index is 3.40. The van der Waals surface area contributed by atoms with E-state index < -0.39 is 6.10 Å². The Labute approximate surface area is 86.5 Å². The topological polar surface area (TPSA) is 50.7 Å². The lowest BCUT2D eigenvalue weighted by Gasteiger charge is -2.17. The number of ether oxygens (including phenoxy) is 1. The van der Waals surface area contributed by atoms with E-state index in [4.69, 9.17) is 4.74 Å². The van der Waals surface area contributed by atoms with Crippen LogP contribution in [0.3, 0.4) is 0 Å². The van der Waals surface area contributed by atoms with Gasteiger partial charge in [-0.1, -0.05) is 13.8 Å². The summed E-state index contributed by atoms with van der Waals surface area (Å²) in [4.78, 5) is 4.62. The quantitative estimate of drug-likeness (QED) is 0.579. The lowest BCUT2D eigenvalue weighted by molar-refractivity contribution is -0.0268. The number of hydrogen-bond donors (Lipinski definition) is 2. The van der Waals surface area contributed by atoms with Crippen molar-refractivity contribution in [3.63, 3.8) is 0 Å². The lowest BCUT2D eigenvalue weighted by Crippen LogP contribution is -2.31. The number of aliphatic hydroxyl groups is 1. The highest BCUT2D eigenvalue weighted by Crippen LogP contribution is 2.07. The second kappa shape index (κ2) is 8.17. The van der Waals surface area contributed by atoms with Crippen molar-refractivity contribution in [2.75, 3.05) is 20.3 Å². The van der Waals surface area contributed by atoms with Crippen molar-refractivity contribution >= 4 is 0 Å². The van der Waals surface area contributed by atoms with E-state index in [1.165, 1.54) is 7.11 Å². The highest BCUT2D eigenvalue weighted by Gasteiger charge is 2.09. The predicted molar refractivity (Wildman–Crippen MR) is 55.9 cm³/mol. The molecule has 0 fully saturated rings. The van der Waals surface area contributed by atoms with E-state index in [1.807, 2.05) is 6.92 Å². The van der Waals surface area contributed by atoms with Crippen LogP contribution in [0.15, 0.2) is 0 Å². The predicted octanol–water partition coefficient (Wildman–Crippen LogP) is 0.949. The smallest absolute Gasteiger partial charge is 0.0921 e. The molecule has 2 atom stereocenters. The van der Waals surface area contributed by atoms with Crippen LogP contribution in [0.5, 0.6) is 0 Å². The zero-order chi connectivity index (χ0) is 11.0. The molecular formula is C10H23NO3. The van der Waals surface area contributed by atoms with Crippen molar-refractivity contribution in [3.8, 4) is 0 Å².